The average Bonchev–Trinajstić information content (AvgIpc) is 3.94. The van der Waals surface area contributed by atoms with Gasteiger partial charge in [0.25, 0.3) is 5.91 Å². The molecule has 17 heteroatoms. The van der Waals surface area contributed by atoms with Gasteiger partial charge in [-0.05, 0) is 75.8 Å². The second-order valence-corrected chi connectivity index (χ2v) is 18.4. The van der Waals surface area contributed by atoms with E-state index in [1.807, 2.05) is 30.4 Å². The van der Waals surface area contributed by atoms with E-state index in [0.717, 1.165) is 18.6 Å². The summed E-state index contributed by atoms with van der Waals surface area (Å²) in [6.45, 7) is 1.54. The van der Waals surface area contributed by atoms with Gasteiger partial charge in [-0.3, -0.25) is 19.1 Å². The number of benzene rings is 1. The quantitative estimate of drug-likeness (QED) is 0.331. The predicted octanol–water partition coefficient (Wildman–Crippen LogP) is 4.81. The molecule has 292 valence electrons. The van der Waals surface area contributed by atoms with Crippen molar-refractivity contribution in [2.24, 2.45) is 10.9 Å². The van der Waals surface area contributed by atoms with Crippen LogP contribution >= 0.6 is 11.8 Å². The average molecular weight is 792 g/mol. The van der Waals surface area contributed by atoms with Crippen LogP contribution in [0.25, 0.3) is 0 Å². The summed E-state index contributed by atoms with van der Waals surface area (Å²) < 4.78 is 79.9. The molecule has 2 saturated carbocycles. The summed E-state index contributed by atoms with van der Waals surface area (Å²) in [7, 11) is -2.44. The summed E-state index contributed by atoms with van der Waals surface area (Å²) in [6, 6.07) is 2.32. The molecule has 0 aromatic heterocycles. The minimum Gasteiger partial charge on any atom is -0.497 e. The third-order valence-electron chi connectivity index (χ3n) is 11.1. The number of carbonyl (C=O) groups excluding carboxylic acids is 3. The number of rotatable bonds is 7. The van der Waals surface area contributed by atoms with Crippen molar-refractivity contribution in [1.29, 1.82) is 0 Å². The normalized spacial score (nSPS) is 32.6. The highest BCUT2D eigenvalue weighted by Crippen LogP contribution is 2.47. The Balaban J connectivity index is 1.17. The van der Waals surface area contributed by atoms with E-state index in [1.165, 1.54) is 28.8 Å². The summed E-state index contributed by atoms with van der Waals surface area (Å²) in [6.07, 6.45) is 8.14. The van der Waals surface area contributed by atoms with Crippen molar-refractivity contribution < 1.29 is 45.4 Å². The number of nitrogens with zero attached hydrogens (tertiary/aromatic N) is 2. The summed E-state index contributed by atoms with van der Waals surface area (Å²) in [5.41, 5.74) is -2.31. The Labute approximate surface area is 316 Å². The summed E-state index contributed by atoms with van der Waals surface area (Å²) in [4.78, 5) is 48.7. The molecule has 3 aliphatic carbocycles. The minimum absolute atomic E-state index is 0.0309. The summed E-state index contributed by atoms with van der Waals surface area (Å²) >= 11 is 1.39. The van der Waals surface area contributed by atoms with Gasteiger partial charge in [-0.1, -0.05) is 48.9 Å². The number of nitrogens with one attached hydrogen (secondary N) is 3. The molecule has 3 amide bonds. The lowest BCUT2D eigenvalue weighted by molar-refractivity contribution is -0.140. The molecular weight excluding hydrogens is 748 g/mol. The maximum Gasteiger partial charge on any atom is 0.416 e. The largest absolute Gasteiger partial charge is 0.497 e. The highest BCUT2D eigenvalue weighted by molar-refractivity contribution is 8.14. The van der Waals surface area contributed by atoms with Crippen LogP contribution < -0.4 is 15.4 Å². The maximum absolute atomic E-state index is 14.5. The van der Waals surface area contributed by atoms with Gasteiger partial charge in [-0.15, -0.1) is 0 Å². The molecule has 7 atom stereocenters. The number of ether oxygens (including phenoxy) is 2. The monoisotopic (exact) mass is 791 g/mol. The topological polar surface area (TPSA) is 156 Å². The third kappa shape index (κ3) is 7.88. The summed E-state index contributed by atoms with van der Waals surface area (Å²) in [5, 5.41) is 6.19. The molecule has 12 nitrogen and oxygen atoms in total. The lowest BCUT2D eigenvalue weighted by Crippen LogP contribution is -2.58. The van der Waals surface area contributed by atoms with Crippen molar-refractivity contribution >= 4 is 50.4 Å². The zero-order valence-corrected chi connectivity index (χ0v) is 31.6. The first-order valence-electron chi connectivity index (χ1n) is 18.3. The van der Waals surface area contributed by atoms with Gasteiger partial charge in [-0.2, -0.15) is 13.2 Å². The molecule has 1 aromatic rings. The van der Waals surface area contributed by atoms with Crippen LogP contribution in [0.2, 0.25) is 0 Å². The fraction of sp³-hybridized carbons (Fsp3) is 0.568. The van der Waals surface area contributed by atoms with E-state index in [0.29, 0.717) is 43.1 Å². The highest BCUT2D eigenvalue weighted by Gasteiger charge is 2.63. The number of sulfonamides is 1. The number of methoxy groups -OCH3 is 1. The Morgan fingerprint density at radius 1 is 1.15 bits per heavy atom. The van der Waals surface area contributed by atoms with Crippen LogP contribution in [0.3, 0.4) is 0 Å². The number of anilines is 1. The van der Waals surface area contributed by atoms with Gasteiger partial charge in [0, 0.05) is 18.0 Å². The van der Waals surface area contributed by atoms with Gasteiger partial charge in [0.1, 0.15) is 29.5 Å². The molecule has 1 aromatic carbocycles. The van der Waals surface area contributed by atoms with Crippen LogP contribution in [0.5, 0.6) is 0 Å². The number of hydrogen-bond donors (Lipinski definition) is 3. The van der Waals surface area contributed by atoms with Gasteiger partial charge < -0.3 is 25.0 Å². The first kappa shape index (κ1) is 38.3. The molecular formula is C37H44F3N5O7S2. The van der Waals surface area contributed by atoms with Crippen molar-refractivity contribution in [3.63, 3.8) is 0 Å². The van der Waals surface area contributed by atoms with E-state index in [1.54, 1.807) is 14.0 Å². The van der Waals surface area contributed by atoms with Gasteiger partial charge >= 0.3 is 6.18 Å². The van der Waals surface area contributed by atoms with E-state index >= 15 is 0 Å². The molecule has 1 saturated heterocycles. The van der Waals surface area contributed by atoms with E-state index < -0.39 is 73.9 Å². The van der Waals surface area contributed by atoms with Crippen molar-refractivity contribution in [3.05, 3.63) is 66.0 Å². The molecule has 2 unspecified atom stereocenters. The predicted molar refractivity (Wildman–Crippen MR) is 197 cm³/mol. The number of allylic oxidation sites excluding steroid dienone is 2. The highest BCUT2D eigenvalue weighted by atomic mass is 32.2. The standard InChI is InChI=1S/C37H44F3N5O7S2/c1-35(15-16-35)54(49,50)44-33(48)36-20-23(36)9-6-4-3-5-7-12-28(41-24-11-8-10-22(17-24)37(38,39)40)32(47)45-21-26(18-29(45)31(46)43-36)52-34-42-27-14-13-25(51-2)19-30(27)53-34/h6,8-11,13-14,17,19,23,26-30,41H,3-5,7,12,15-16,18,20-21H2,1-2H3,(H,43,46)(H,44,48)/b9-6-/t23-,26-,27?,28+,29+,30?,36-/m1/s1. The van der Waals surface area contributed by atoms with E-state index in [9.17, 15) is 36.0 Å². The number of aliphatic imine (C=N–C) groups is 1. The van der Waals surface area contributed by atoms with Crippen LogP contribution in [0, 0.1) is 5.92 Å². The smallest absolute Gasteiger partial charge is 0.416 e. The molecule has 0 bridgehead atoms. The number of hydrogen-bond acceptors (Lipinski definition) is 10. The summed E-state index contributed by atoms with van der Waals surface area (Å²) in [5.74, 6) is -1.77. The first-order valence-corrected chi connectivity index (χ1v) is 20.6. The Morgan fingerprint density at radius 3 is 2.69 bits per heavy atom. The van der Waals surface area contributed by atoms with E-state index in [4.69, 9.17) is 9.47 Å². The van der Waals surface area contributed by atoms with E-state index in [-0.39, 0.29) is 42.8 Å². The minimum atomic E-state index is -4.59. The molecule has 54 heavy (non-hydrogen) atoms. The maximum atomic E-state index is 14.5. The van der Waals surface area contributed by atoms with Crippen LogP contribution in [0.1, 0.15) is 70.3 Å². The molecule has 3 N–H and O–H groups in total. The van der Waals surface area contributed by atoms with Crippen molar-refractivity contribution in [1.82, 2.24) is 14.9 Å². The molecule has 3 fully saturated rings. The first-order chi connectivity index (χ1) is 25.6. The Hall–Kier alpha value is -3.99. The van der Waals surface area contributed by atoms with Crippen LogP contribution in [0.15, 0.2) is 65.4 Å². The van der Waals surface area contributed by atoms with Gasteiger partial charge in [0.05, 0.1) is 35.3 Å². The Bertz CT molecular complexity index is 1910. The number of halogens is 3. The SMILES string of the molecule is COC1=CC2SC(O[C@@H]3C[C@H]4C(=O)N[C@]5(C(=O)NS(=O)(=O)C6(C)CC6)C[C@H]5/C=C\CCCCC[C@H](Nc5cccc(C(F)(F)F)c5)C(=O)N4C3)=NC2C=C1. The third-order valence-corrected chi connectivity index (χ3v) is 14.4. The van der Waals surface area contributed by atoms with Gasteiger partial charge in [0.2, 0.25) is 27.1 Å². The van der Waals surface area contributed by atoms with Crippen LogP contribution in [-0.4, -0.2) is 89.7 Å². The van der Waals surface area contributed by atoms with Gasteiger partial charge in [0.15, 0.2) is 0 Å². The zero-order chi connectivity index (χ0) is 38.5. The van der Waals surface area contributed by atoms with E-state index in [2.05, 4.69) is 20.3 Å². The molecule has 0 radical (unpaired) electrons. The van der Waals surface area contributed by atoms with Crippen molar-refractivity contribution in [2.75, 3.05) is 19.0 Å². The fourth-order valence-corrected chi connectivity index (χ4v) is 9.79. The number of carbonyl (C=O) groups is 3. The molecule has 0 spiro atoms. The Kier molecular flexibility index (Phi) is 10.3. The van der Waals surface area contributed by atoms with Crippen LogP contribution in [0.4, 0.5) is 18.9 Å². The fourth-order valence-electron chi connectivity index (χ4n) is 7.38. The number of alkyl halides is 3. The zero-order valence-electron chi connectivity index (χ0n) is 29.9. The molecule has 6 aliphatic rings. The number of amides is 3. The van der Waals surface area contributed by atoms with Crippen LogP contribution in [-0.2, 0) is 40.1 Å². The Morgan fingerprint density at radius 2 is 1.94 bits per heavy atom. The lowest BCUT2D eigenvalue weighted by atomic mass is 10.0. The second kappa shape index (κ2) is 14.6. The molecule has 7 rings (SSSR count). The number of fused-ring (bicyclic) bond motifs is 3. The van der Waals surface area contributed by atoms with Crippen molar-refractivity contribution in [2.45, 2.75) is 111 Å². The second-order valence-electron chi connectivity index (χ2n) is 15.1. The molecule has 3 aliphatic heterocycles. The lowest BCUT2D eigenvalue weighted by Gasteiger charge is -2.30. The number of thioether (sulfide) groups is 1. The van der Waals surface area contributed by atoms with Crippen molar-refractivity contribution in [3.8, 4) is 0 Å². The molecule has 3 heterocycles. The van der Waals surface area contributed by atoms with Gasteiger partial charge in [-0.25, -0.2) is 13.4 Å².